The van der Waals surface area contributed by atoms with Crippen molar-refractivity contribution in [2.75, 3.05) is 5.88 Å². The summed E-state index contributed by atoms with van der Waals surface area (Å²) in [5.41, 5.74) is 2.36. The summed E-state index contributed by atoms with van der Waals surface area (Å²) in [5, 5.41) is 0. The second-order valence-electron chi connectivity index (χ2n) is 3.67. The number of benzene rings is 1. The Morgan fingerprint density at radius 2 is 2.06 bits per heavy atom. The van der Waals surface area contributed by atoms with Crippen LogP contribution >= 0.6 is 11.6 Å². The van der Waals surface area contributed by atoms with Gasteiger partial charge in [-0.2, -0.15) is 13.2 Å². The second-order valence-corrected chi connectivity index (χ2v) is 4.05. The number of hydrogen-bond donors (Lipinski definition) is 2. The Hall–Kier alpha value is -0.780. The number of hydrazine groups is 1. The molecule has 1 atom stereocenters. The number of nitrogens with two attached hydrogens (primary N) is 1. The summed E-state index contributed by atoms with van der Waals surface area (Å²) in [7, 11) is 0. The van der Waals surface area contributed by atoms with E-state index in [0.29, 0.717) is 24.3 Å². The van der Waals surface area contributed by atoms with Gasteiger partial charge >= 0.3 is 6.18 Å². The van der Waals surface area contributed by atoms with E-state index in [1.165, 1.54) is 6.07 Å². The third-order valence-electron chi connectivity index (χ3n) is 2.44. The molecule has 17 heavy (non-hydrogen) atoms. The lowest BCUT2D eigenvalue weighted by atomic mass is 10.0. The maximum Gasteiger partial charge on any atom is 0.416 e. The number of nitrogens with one attached hydrogen (secondary N) is 1. The van der Waals surface area contributed by atoms with Crippen LogP contribution in [-0.2, 0) is 6.18 Å². The first-order chi connectivity index (χ1) is 7.99. The minimum atomic E-state index is -4.33. The zero-order valence-electron chi connectivity index (χ0n) is 9.10. The van der Waals surface area contributed by atoms with Crippen LogP contribution in [0.25, 0.3) is 0 Å². The Kier molecular flexibility index (Phi) is 5.24. The van der Waals surface area contributed by atoms with E-state index < -0.39 is 11.7 Å². The van der Waals surface area contributed by atoms with Gasteiger partial charge in [-0.1, -0.05) is 12.1 Å². The highest BCUT2D eigenvalue weighted by molar-refractivity contribution is 6.17. The van der Waals surface area contributed by atoms with Gasteiger partial charge in [-0.3, -0.25) is 11.3 Å². The van der Waals surface area contributed by atoms with Crippen molar-refractivity contribution in [1.29, 1.82) is 0 Å². The monoisotopic (exact) mass is 266 g/mol. The quantitative estimate of drug-likeness (QED) is 0.488. The maximum atomic E-state index is 12.5. The molecule has 2 nitrogen and oxygen atoms in total. The average Bonchev–Trinajstić information content (AvgIpc) is 2.29. The number of halogens is 4. The summed E-state index contributed by atoms with van der Waals surface area (Å²) in [4.78, 5) is 0. The normalized spacial score (nSPS) is 13.7. The number of hydrogen-bond acceptors (Lipinski definition) is 2. The Balaban J connectivity index is 2.89. The highest BCUT2D eigenvalue weighted by Gasteiger charge is 2.30. The molecule has 0 heterocycles. The first-order valence-corrected chi connectivity index (χ1v) is 5.71. The van der Waals surface area contributed by atoms with Gasteiger partial charge in [0.25, 0.3) is 0 Å². The van der Waals surface area contributed by atoms with Gasteiger partial charge in [-0.15, -0.1) is 11.6 Å². The number of rotatable bonds is 5. The van der Waals surface area contributed by atoms with Gasteiger partial charge in [0.1, 0.15) is 0 Å². The van der Waals surface area contributed by atoms with Gasteiger partial charge < -0.3 is 0 Å². The van der Waals surface area contributed by atoms with Gasteiger partial charge in [0.05, 0.1) is 5.56 Å². The fourth-order valence-corrected chi connectivity index (χ4v) is 1.71. The van der Waals surface area contributed by atoms with Crippen LogP contribution in [0.5, 0.6) is 0 Å². The van der Waals surface area contributed by atoms with Gasteiger partial charge in [-0.05, 0) is 30.5 Å². The average molecular weight is 267 g/mol. The molecule has 0 saturated carbocycles. The van der Waals surface area contributed by atoms with Crippen LogP contribution in [0.15, 0.2) is 24.3 Å². The van der Waals surface area contributed by atoms with Crippen molar-refractivity contribution in [2.24, 2.45) is 5.84 Å². The van der Waals surface area contributed by atoms with Crippen molar-refractivity contribution in [3.05, 3.63) is 35.4 Å². The predicted molar refractivity (Wildman–Crippen MR) is 61.5 cm³/mol. The van der Waals surface area contributed by atoms with E-state index in [9.17, 15) is 13.2 Å². The van der Waals surface area contributed by atoms with Crippen LogP contribution in [0.3, 0.4) is 0 Å². The lowest BCUT2D eigenvalue weighted by Crippen LogP contribution is -2.28. The van der Waals surface area contributed by atoms with Crippen LogP contribution in [0.4, 0.5) is 13.2 Å². The van der Waals surface area contributed by atoms with Crippen molar-refractivity contribution in [2.45, 2.75) is 25.1 Å². The van der Waals surface area contributed by atoms with E-state index in [4.69, 9.17) is 17.4 Å². The van der Waals surface area contributed by atoms with Crippen molar-refractivity contribution < 1.29 is 13.2 Å². The molecular formula is C11H14ClF3N2. The van der Waals surface area contributed by atoms with Crippen LogP contribution in [0.1, 0.15) is 30.0 Å². The molecule has 0 fully saturated rings. The molecule has 0 aliphatic heterocycles. The molecule has 0 saturated heterocycles. The van der Waals surface area contributed by atoms with E-state index in [1.54, 1.807) is 6.07 Å². The molecule has 1 rings (SSSR count). The van der Waals surface area contributed by atoms with Gasteiger partial charge in [0, 0.05) is 11.9 Å². The van der Waals surface area contributed by atoms with Crippen LogP contribution < -0.4 is 11.3 Å². The summed E-state index contributed by atoms with van der Waals surface area (Å²) < 4.78 is 37.5. The Labute approximate surface area is 103 Å². The summed E-state index contributed by atoms with van der Waals surface area (Å²) in [6.45, 7) is 0. The largest absolute Gasteiger partial charge is 0.416 e. The topological polar surface area (TPSA) is 38.0 Å². The summed E-state index contributed by atoms with van der Waals surface area (Å²) in [6.07, 6.45) is -3.05. The van der Waals surface area contributed by atoms with E-state index in [1.807, 2.05) is 0 Å². The molecule has 0 spiro atoms. The van der Waals surface area contributed by atoms with E-state index in [0.717, 1.165) is 12.1 Å². The Bertz CT molecular complexity index is 355. The Morgan fingerprint density at radius 1 is 1.35 bits per heavy atom. The highest BCUT2D eigenvalue weighted by Crippen LogP contribution is 2.31. The Morgan fingerprint density at radius 3 is 2.59 bits per heavy atom. The minimum absolute atomic E-state index is 0.309. The van der Waals surface area contributed by atoms with Crippen LogP contribution in [0, 0.1) is 0 Å². The smallest absolute Gasteiger partial charge is 0.271 e. The maximum absolute atomic E-state index is 12.5. The molecule has 0 amide bonds. The van der Waals surface area contributed by atoms with Crippen LogP contribution in [0.2, 0.25) is 0 Å². The highest BCUT2D eigenvalue weighted by atomic mass is 35.5. The lowest BCUT2D eigenvalue weighted by Gasteiger charge is -2.17. The van der Waals surface area contributed by atoms with Crippen molar-refractivity contribution >= 4 is 11.6 Å². The summed E-state index contributed by atoms with van der Waals surface area (Å²) >= 11 is 5.55. The van der Waals surface area contributed by atoms with Gasteiger partial charge in [0.2, 0.25) is 0 Å². The standard InChI is InChI=1S/C11H14ClF3N2/c12-6-2-5-10(17-16)8-3-1-4-9(7-8)11(13,14)15/h1,3-4,7,10,17H,2,5-6,16H2. The van der Waals surface area contributed by atoms with Gasteiger partial charge in [-0.25, -0.2) is 0 Å². The molecule has 0 aromatic heterocycles. The molecule has 3 N–H and O–H groups in total. The zero-order chi connectivity index (χ0) is 12.9. The van der Waals surface area contributed by atoms with Crippen molar-refractivity contribution in [1.82, 2.24) is 5.43 Å². The molecule has 6 heteroatoms. The fourth-order valence-electron chi connectivity index (χ4n) is 1.56. The van der Waals surface area contributed by atoms with E-state index in [-0.39, 0.29) is 6.04 Å². The SMILES string of the molecule is NNC(CCCCl)c1cccc(C(F)(F)F)c1. The molecular weight excluding hydrogens is 253 g/mol. The fraction of sp³-hybridized carbons (Fsp3) is 0.455. The van der Waals surface area contributed by atoms with Gasteiger partial charge in [0.15, 0.2) is 0 Å². The molecule has 0 bridgehead atoms. The second kappa shape index (κ2) is 6.23. The van der Waals surface area contributed by atoms with E-state index >= 15 is 0 Å². The van der Waals surface area contributed by atoms with E-state index in [2.05, 4.69) is 5.43 Å². The molecule has 0 radical (unpaired) electrons. The molecule has 0 aliphatic rings. The number of alkyl halides is 4. The summed E-state index contributed by atoms with van der Waals surface area (Å²) in [5.74, 6) is 5.79. The zero-order valence-corrected chi connectivity index (χ0v) is 9.85. The third-order valence-corrected chi connectivity index (χ3v) is 2.71. The van der Waals surface area contributed by atoms with Crippen molar-refractivity contribution in [3.63, 3.8) is 0 Å². The summed E-state index contributed by atoms with van der Waals surface area (Å²) in [6, 6.07) is 4.84. The minimum Gasteiger partial charge on any atom is -0.271 e. The lowest BCUT2D eigenvalue weighted by molar-refractivity contribution is -0.137. The first-order valence-electron chi connectivity index (χ1n) is 5.18. The first kappa shape index (κ1) is 14.3. The molecule has 1 aromatic rings. The molecule has 0 aliphatic carbocycles. The molecule has 96 valence electrons. The molecule has 1 unspecified atom stereocenters. The predicted octanol–water partition coefficient (Wildman–Crippen LogP) is 3.23. The van der Waals surface area contributed by atoms with Crippen LogP contribution in [-0.4, -0.2) is 5.88 Å². The van der Waals surface area contributed by atoms with Crippen molar-refractivity contribution in [3.8, 4) is 0 Å². The third kappa shape index (κ3) is 4.18. The molecule has 1 aromatic carbocycles.